The molecule has 1 heterocycles. The number of benzene rings is 1. The minimum Gasteiger partial charge on any atom is -0.273 e. The van der Waals surface area contributed by atoms with Gasteiger partial charge in [-0.25, -0.2) is 5.43 Å². The molecule has 2 rings (SSSR count). The maximum Gasteiger partial charge on any atom is 0.269 e. The molecule has 0 spiro atoms. The van der Waals surface area contributed by atoms with Crippen molar-refractivity contribution in [2.75, 3.05) is 0 Å². The van der Waals surface area contributed by atoms with Crippen molar-refractivity contribution in [3.8, 4) is 0 Å². The molecule has 0 aliphatic rings. The van der Waals surface area contributed by atoms with E-state index in [4.69, 9.17) is 0 Å². The highest BCUT2D eigenvalue weighted by atomic mass is 16.6. The van der Waals surface area contributed by atoms with E-state index in [1.54, 1.807) is 0 Å². The predicted octanol–water partition coefficient (Wildman–Crippen LogP) is -0.199. The third kappa shape index (κ3) is 3.66. The summed E-state index contributed by atoms with van der Waals surface area (Å²) in [5.74, 6) is -0.141. The van der Waals surface area contributed by atoms with E-state index >= 15 is 0 Å². The Morgan fingerprint density at radius 2 is 2.20 bits per heavy atom. The summed E-state index contributed by atoms with van der Waals surface area (Å²) in [5.41, 5.74) is 2.89. The van der Waals surface area contributed by atoms with Gasteiger partial charge in [0.15, 0.2) is 5.82 Å². The number of rotatable bonds is 5. The maximum atomic E-state index is 11.4. The van der Waals surface area contributed by atoms with Gasteiger partial charge in [-0.1, -0.05) is 5.21 Å². The first-order valence-corrected chi connectivity index (χ1v) is 5.44. The number of aromatic amines is 1. The van der Waals surface area contributed by atoms with Gasteiger partial charge in [0.1, 0.15) is 0 Å². The summed E-state index contributed by atoms with van der Waals surface area (Å²) in [7, 11) is 0. The third-order valence-electron chi connectivity index (χ3n) is 2.21. The van der Waals surface area contributed by atoms with Crippen LogP contribution in [0.4, 0.5) is 5.69 Å². The Bertz CT molecular complexity index is 621. The lowest BCUT2D eigenvalue weighted by atomic mass is 10.2. The number of non-ortho nitro benzene ring substituents is 1. The SMILES string of the molecule is O=C(Cc1nn[nH]n1)N/N=C/c1ccc([N+](=O)[O-])cc1. The van der Waals surface area contributed by atoms with Crippen LogP contribution in [0.15, 0.2) is 29.4 Å². The summed E-state index contributed by atoms with van der Waals surface area (Å²) in [4.78, 5) is 21.4. The molecule has 0 unspecified atom stereocenters. The molecular weight excluding hydrogens is 266 g/mol. The summed E-state index contributed by atoms with van der Waals surface area (Å²) < 4.78 is 0. The van der Waals surface area contributed by atoms with Crippen LogP contribution in [0, 0.1) is 10.1 Å². The third-order valence-corrected chi connectivity index (χ3v) is 2.21. The summed E-state index contributed by atoms with van der Waals surface area (Å²) in [5, 5.41) is 27.0. The van der Waals surface area contributed by atoms with Crippen LogP contribution in [-0.4, -0.2) is 37.7 Å². The molecule has 0 bridgehead atoms. The fourth-order valence-corrected chi connectivity index (χ4v) is 1.30. The number of nitro benzene ring substituents is 1. The highest BCUT2D eigenvalue weighted by Crippen LogP contribution is 2.10. The van der Waals surface area contributed by atoms with Crippen LogP contribution in [0.2, 0.25) is 0 Å². The average Bonchev–Trinajstić information content (AvgIpc) is 2.92. The molecule has 0 fully saturated rings. The second-order valence-electron chi connectivity index (χ2n) is 3.65. The first-order chi connectivity index (χ1) is 9.65. The van der Waals surface area contributed by atoms with Gasteiger partial charge in [0.25, 0.3) is 5.69 Å². The van der Waals surface area contributed by atoms with Crippen molar-refractivity contribution < 1.29 is 9.72 Å². The minimum atomic E-state index is -0.492. The standard InChI is InChI=1S/C10H9N7O3/c18-10(5-9-12-15-16-13-9)14-11-6-7-1-3-8(4-2-7)17(19)20/h1-4,6H,5H2,(H,14,18)(H,12,13,15,16)/b11-6+. The molecule has 0 saturated heterocycles. The number of nitrogens with zero attached hydrogens (tertiary/aromatic N) is 5. The fourth-order valence-electron chi connectivity index (χ4n) is 1.30. The van der Waals surface area contributed by atoms with Gasteiger partial charge < -0.3 is 0 Å². The number of nitro groups is 1. The molecule has 0 radical (unpaired) electrons. The van der Waals surface area contributed by atoms with Crippen LogP contribution in [0.3, 0.4) is 0 Å². The second kappa shape index (κ2) is 6.13. The number of tetrazole rings is 1. The molecule has 0 aliphatic carbocycles. The highest BCUT2D eigenvalue weighted by molar-refractivity contribution is 5.83. The van der Waals surface area contributed by atoms with Crippen LogP contribution in [0.25, 0.3) is 0 Å². The summed E-state index contributed by atoms with van der Waals surface area (Å²) >= 11 is 0. The van der Waals surface area contributed by atoms with Gasteiger partial charge in [-0.3, -0.25) is 14.9 Å². The molecule has 102 valence electrons. The Balaban J connectivity index is 1.86. The van der Waals surface area contributed by atoms with E-state index in [0.29, 0.717) is 5.56 Å². The predicted molar refractivity (Wildman–Crippen MR) is 66.7 cm³/mol. The number of hydrazone groups is 1. The topological polar surface area (TPSA) is 139 Å². The fraction of sp³-hybridized carbons (Fsp3) is 0.100. The van der Waals surface area contributed by atoms with Crippen molar-refractivity contribution in [3.05, 3.63) is 45.8 Å². The van der Waals surface area contributed by atoms with Crippen molar-refractivity contribution in [2.45, 2.75) is 6.42 Å². The van der Waals surface area contributed by atoms with E-state index < -0.39 is 10.8 Å². The molecule has 2 aromatic rings. The number of carbonyl (C=O) groups is 1. The number of hydrogen-bond acceptors (Lipinski definition) is 7. The Morgan fingerprint density at radius 3 is 2.80 bits per heavy atom. The number of hydrogen-bond donors (Lipinski definition) is 2. The van der Waals surface area contributed by atoms with Crippen LogP contribution >= 0.6 is 0 Å². The average molecular weight is 275 g/mol. The zero-order valence-electron chi connectivity index (χ0n) is 10.1. The molecule has 20 heavy (non-hydrogen) atoms. The first kappa shape index (κ1) is 13.3. The van der Waals surface area contributed by atoms with Gasteiger partial charge in [0, 0.05) is 12.1 Å². The van der Waals surface area contributed by atoms with Gasteiger partial charge in [0.05, 0.1) is 17.6 Å². The summed E-state index contributed by atoms with van der Waals surface area (Å²) in [6, 6.07) is 5.74. The molecule has 1 aromatic heterocycles. The maximum absolute atomic E-state index is 11.4. The van der Waals surface area contributed by atoms with Crippen LogP contribution in [-0.2, 0) is 11.2 Å². The number of H-pyrrole nitrogens is 1. The quantitative estimate of drug-likeness (QED) is 0.440. The van der Waals surface area contributed by atoms with E-state index in [1.807, 2.05) is 0 Å². The smallest absolute Gasteiger partial charge is 0.269 e. The van der Waals surface area contributed by atoms with Gasteiger partial charge >= 0.3 is 0 Å². The lowest BCUT2D eigenvalue weighted by molar-refractivity contribution is -0.384. The van der Waals surface area contributed by atoms with E-state index in [2.05, 4.69) is 31.2 Å². The Kier molecular flexibility index (Phi) is 4.07. The van der Waals surface area contributed by atoms with Gasteiger partial charge in [-0.15, -0.1) is 10.2 Å². The zero-order valence-corrected chi connectivity index (χ0v) is 10.1. The molecule has 10 nitrogen and oxygen atoms in total. The number of aromatic nitrogens is 4. The Hall–Kier alpha value is -3.17. The van der Waals surface area contributed by atoms with E-state index in [1.165, 1.54) is 30.5 Å². The van der Waals surface area contributed by atoms with Crippen LogP contribution in [0.5, 0.6) is 0 Å². The second-order valence-corrected chi connectivity index (χ2v) is 3.65. The minimum absolute atomic E-state index is 0.0108. The number of amides is 1. The normalized spacial score (nSPS) is 10.6. The van der Waals surface area contributed by atoms with E-state index in [0.717, 1.165) is 0 Å². The largest absolute Gasteiger partial charge is 0.273 e. The number of carbonyl (C=O) groups excluding carboxylic acids is 1. The molecular formula is C10H9N7O3. The van der Waals surface area contributed by atoms with E-state index in [-0.39, 0.29) is 17.9 Å². The molecule has 1 aromatic carbocycles. The Labute approximate surface area is 112 Å². The van der Waals surface area contributed by atoms with E-state index in [9.17, 15) is 14.9 Å². The summed E-state index contributed by atoms with van der Waals surface area (Å²) in [6.07, 6.45) is 1.33. The Morgan fingerprint density at radius 1 is 1.45 bits per heavy atom. The molecule has 1 amide bonds. The zero-order chi connectivity index (χ0) is 14.4. The van der Waals surface area contributed by atoms with Gasteiger partial charge in [-0.2, -0.15) is 10.3 Å². The lowest BCUT2D eigenvalue weighted by Crippen LogP contribution is -2.20. The monoisotopic (exact) mass is 275 g/mol. The summed E-state index contributed by atoms with van der Waals surface area (Å²) in [6.45, 7) is 0. The molecule has 10 heteroatoms. The molecule has 0 atom stereocenters. The van der Waals surface area contributed by atoms with Crippen LogP contribution < -0.4 is 5.43 Å². The van der Waals surface area contributed by atoms with Crippen molar-refractivity contribution in [1.82, 2.24) is 26.0 Å². The van der Waals surface area contributed by atoms with Crippen LogP contribution in [0.1, 0.15) is 11.4 Å². The molecule has 0 saturated carbocycles. The first-order valence-electron chi connectivity index (χ1n) is 5.44. The van der Waals surface area contributed by atoms with Crippen molar-refractivity contribution in [2.24, 2.45) is 5.10 Å². The lowest BCUT2D eigenvalue weighted by Gasteiger charge is -1.96. The molecule has 2 N–H and O–H groups in total. The van der Waals surface area contributed by atoms with Crippen molar-refractivity contribution in [1.29, 1.82) is 0 Å². The van der Waals surface area contributed by atoms with Gasteiger partial charge in [0.2, 0.25) is 5.91 Å². The molecule has 0 aliphatic heterocycles. The van der Waals surface area contributed by atoms with Crippen molar-refractivity contribution in [3.63, 3.8) is 0 Å². The van der Waals surface area contributed by atoms with Gasteiger partial charge in [-0.05, 0) is 17.7 Å². The van der Waals surface area contributed by atoms with Crippen molar-refractivity contribution >= 4 is 17.8 Å². The number of nitrogens with one attached hydrogen (secondary N) is 2. The highest BCUT2D eigenvalue weighted by Gasteiger charge is 2.06.